The minimum atomic E-state index is 0.142. The Bertz CT molecular complexity index is 741. The molecule has 8 nitrogen and oxygen atoms in total. The van der Waals surface area contributed by atoms with Crippen LogP contribution in [0.1, 0.15) is 32.1 Å². The predicted octanol–water partition coefficient (Wildman–Crippen LogP) is -1.36. The van der Waals surface area contributed by atoms with Crippen LogP contribution in [0.4, 0.5) is 0 Å². The Labute approximate surface area is 163 Å². The molecule has 28 heavy (non-hydrogen) atoms. The summed E-state index contributed by atoms with van der Waals surface area (Å²) in [6, 6.07) is 2.81. The third-order valence-corrected chi connectivity index (χ3v) is 9.45. The molecule has 0 aromatic carbocycles. The molecule has 9 fully saturated rings. The van der Waals surface area contributed by atoms with Gasteiger partial charge in [-0.2, -0.15) is 5.06 Å². The molecule has 8 heteroatoms. The summed E-state index contributed by atoms with van der Waals surface area (Å²) < 4.78 is 20.1. The molecular formula is C20H28N4O4. The minimum Gasteiger partial charge on any atom is -0.368 e. The summed E-state index contributed by atoms with van der Waals surface area (Å²) in [6.07, 6.45) is 7.30. The van der Waals surface area contributed by atoms with Gasteiger partial charge in [-0.05, 0) is 32.1 Å². The number of nitrogens with zero attached hydrogens (tertiary/aromatic N) is 1. The van der Waals surface area contributed by atoms with Crippen LogP contribution in [0.15, 0.2) is 0 Å². The first kappa shape index (κ1) is 15.5. The molecule has 13 bridgehead atoms. The predicted molar refractivity (Wildman–Crippen MR) is 95.5 cm³/mol. The number of rotatable bonds is 0. The summed E-state index contributed by atoms with van der Waals surface area (Å²) in [7, 11) is 0. The van der Waals surface area contributed by atoms with E-state index in [-0.39, 0.29) is 54.8 Å². The molecule has 9 aliphatic heterocycles. The van der Waals surface area contributed by atoms with Crippen molar-refractivity contribution >= 4 is 0 Å². The standard InChI is InChI=1S/C20H28N4O4/c1-2-8-16-10-5-11-12(23-10)18(26-16)14-20-19(27-20)13(24(14)28-11)17-9-4-3-7(22-9)15(25-17)6(1)21-8/h6-23H,1-5H2. The first-order chi connectivity index (χ1) is 13.8. The smallest absolute Gasteiger partial charge is 0.106 e. The quantitative estimate of drug-likeness (QED) is 0.347. The summed E-state index contributed by atoms with van der Waals surface area (Å²) >= 11 is 0. The van der Waals surface area contributed by atoms with E-state index in [9.17, 15) is 0 Å². The van der Waals surface area contributed by atoms with Gasteiger partial charge in [-0.25, -0.2) is 0 Å². The van der Waals surface area contributed by atoms with Crippen LogP contribution in [0.2, 0.25) is 0 Å². The zero-order chi connectivity index (χ0) is 17.7. The van der Waals surface area contributed by atoms with Gasteiger partial charge >= 0.3 is 0 Å². The van der Waals surface area contributed by atoms with Crippen LogP contribution < -0.4 is 16.0 Å². The second kappa shape index (κ2) is 4.94. The van der Waals surface area contributed by atoms with Crippen LogP contribution in [-0.2, 0) is 19.0 Å². The maximum absolute atomic E-state index is 6.94. The average molecular weight is 388 g/mol. The Morgan fingerprint density at radius 3 is 1.89 bits per heavy atom. The largest absolute Gasteiger partial charge is 0.368 e. The summed E-state index contributed by atoms with van der Waals surface area (Å²) in [5.41, 5.74) is 0. The Kier molecular flexibility index (Phi) is 2.73. The lowest BCUT2D eigenvalue weighted by molar-refractivity contribution is -0.318. The van der Waals surface area contributed by atoms with E-state index in [1.54, 1.807) is 0 Å². The number of hydroxylamine groups is 2. The molecular weight excluding hydrogens is 360 g/mol. The number of ether oxygens (including phenoxy) is 3. The molecule has 9 heterocycles. The maximum atomic E-state index is 6.94. The van der Waals surface area contributed by atoms with Crippen molar-refractivity contribution in [3.63, 3.8) is 0 Å². The molecule has 0 spiro atoms. The van der Waals surface area contributed by atoms with E-state index in [1.807, 2.05) is 0 Å². The monoisotopic (exact) mass is 388 g/mol. The number of hydrogen-bond acceptors (Lipinski definition) is 8. The number of epoxide rings is 1. The highest BCUT2D eigenvalue weighted by molar-refractivity contribution is 5.23. The molecule has 9 rings (SSSR count). The molecule has 16 unspecified atom stereocenters. The fourth-order valence-corrected chi connectivity index (χ4v) is 8.33. The van der Waals surface area contributed by atoms with Crippen molar-refractivity contribution in [2.24, 2.45) is 0 Å². The first-order valence-electron chi connectivity index (χ1n) is 11.5. The van der Waals surface area contributed by atoms with Crippen LogP contribution in [0.25, 0.3) is 0 Å². The Morgan fingerprint density at radius 2 is 1.14 bits per heavy atom. The van der Waals surface area contributed by atoms with Gasteiger partial charge in [-0.1, -0.05) is 0 Å². The SMILES string of the molecule is C1CC2NC1C1OC(C3CCC1N3)C1C3OC3C3C4OC2C2CC(ON13)C4N2. The second-order valence-electron chi connectivity index (χ2n) is 10.6. The number of morpholine rings is 3. The van der Waals surface area contributed by atoms with Crippen LogP contribution in [-0.4, -0.2) is 96.1 Å². The topological polar surface area (TPSA) is 79.5 Å². The molecule has 0 aromatic heterocycles. The molecule has 3 N–H and O–H groups in total. The minimum absolute atomic E-state index is 0.142. The fourth-order valence-electron chi connectivity index (χ4n) is 8.33. The molecule has 0 saturated carbocycles. The van der Waals surface area contributed by atoms with Gasteiger partial charge in [0.2, 0.25) is 0 Å². The molecule has 0 radical (unpaired) electrons. The average Bonchev–Trinajstić information content (AvgIpc) is 3.13. The second-order valence-corrected chi connectivity index (χ2v) is 10.6. The van der Waals surface area contributed by atoms with Crippen molar-refractivity contribution in [2.45, 2.75) is 123 Å². The highest BCUT2D eigenvalue weighted by atomic mass is 16.7. The van der Waals surface area contributed by atoms with E-state index in [4.69, 9.17) is 19.0 Å². The number of nitrogens with one attached hydrogen (secondary N) is 3. The van der Waals surface area contributed by atoms with Crippen molar-refractivity contribution in [1.82, 2.24) is 21.0 Å². The van der Waals surface area contributed by atoms with E-state index in [2.05, 4.69) is 21.0 Å². The zero-order valence-electron chi connectivity index (χ0n) is 15.8. The van der Waals surface area contributed by atoms with Crippen LogP contribution in [0, 0.1) is 0 Å². The number of hydrogen-bond donors (Lipinski definition) is 3. The Balaban J connectivity index is 1.21. The van der Waals surface area contributed by atoms with Crippen LogP contribution >= 0.6 is 0 Å². The summed E-state index contributed by atoms with van der Waals surface area (Å²) in [6.45, 7) is 0. The van der Waals surface area contributed by atoms with Gasteiger partial charge in [0.05, 0.1) is 48.6 Å². The molecule has 16 atom stereocenters. The van der Waals surface area contributed by atoms with Crippen molar-refractivity contribution in [2.75, 3.05) is 0 Å². The lowest BCUT2D eigenvalue weighted by Crippen LogP contribution is -2.71. The van der Waals surface area contributed by atoms with Gasteiger partial charge < -0.3 is 30.2 Å². The first-order valence-corrected chi connectivity index (χ1v) is 11.5. The highest BCUT2D eigenvalue weighted by Crippen LogP contribution is 2.53. The number of fused-ring (bicyclic) bond motifs is 16. The summed E-state index contributed by atoms with van der Waals surface area (Å²) in [5.74, 6) is 0. The molecule has 0 aliphatic carbocycles. The Morgan fingerprint density at radius 1 is 0.571 bits per heavy atom. The third-order valence-electron chi connectivity index (χ3n) is 9.45. The fraction of sp³-hybridized carbons (Fsp3) is 1.00. The van der Waals surface area contributed by atoms with Gasteiger partial charge in [0.25, 0.3) is 0 Å². The van der Waals surface area contributed by atoms with Crippen molar-refractivity contribution in [1.29, 1.82) is 0 Å². The molecule has 0 aromatic rings. The van der Waals surface area contributed by atoms with Gasteiger partial charge in [0.1, 0.15) is 12.2 Å². The normalized spacial score (nSPS) is 72.0. The van der Waals surface area contributed by atoms with E-state index < -0.39 is 0 Å². The van der Waals surface area contributed by atoms with E-state index >= 15 is 0 Å². The van der Waals surface area contributed by atoms with E-state index in [0.717, 1.165) is 6.42 Å². The highest BCUT2D eigenvalue weighted by Gasteiger charge is 2.73. The van der Waals surface area contributed by atoms with Gasteiger partial charge in [-0.3, -0.25) is 4.84 Å². The van der Waals surface area contributed by atoms with E-state index in [0.29, 0.717) is 36.3 Å². The molecule has 152 valence electrons. The molecule has 9 aliphatic rings. The zero-order valence-corrected chi connectivity index (χ0v) is 15.8. The maximum Gasteiger partial charge on any atom is 0.106 e. The van der Waals surface area contributed by atoms with Gasteiger partial charge in [0, 0.05) is 30.2 Å². The summed E-state index contributed by atoms with van der Waals surface area (Å²) in [4.78, 5) is 6.70. The van der Waals surface area contributed by atoms with Crippen molar-refractivity contribution in [3.05, 3.63) is 0 Å². The lowest BCUT2D eigenvalue weighted by Gasteiger charge is -2.51. The van der Waals surface area contributed by atoms with Crippen LogP contribution in [0.5, 0.6) is 0 Å². The third kappa shape index (κ3) is 1.71. The van der Waals surface area contributed by atoms with Gasteiger partial charge in [0.15, 0.2) is 0 Å². The lowest BCUT2D eigenvalue weighted by atomic mass is 9.96. The molecule has 9 saturated heterocycles. The van der Waals surface area contributed by atoms with Gasteiger partial charge in [-0.15, -0.1) is 0 Å². The van der Waals surface area contributed by atoms with E-state index in [1.165, 1.54) is 25.7 Å². The summed E-state index contributed by atoms with van der Waals surface area (Å²) in [5, 5.41) is 14.1. The van der Waals surface area contributed by atoms with Crippen molar-refractivity contribution < 1.29 is 19.0 Å². The van der Waals surface area contributed by atoms with Crippen molar-refractivity contribution in [3.8, 4) is 0 Å². The molecule has 0 amide bonds. The van der Waals surface area contributed by atoms with Crippen LogP contribution in [0.3, 0.4) is 0 Å². The Hall–Kier alpha value is -0.320.